The van der Waals surface area contributed by atoms with Gasteiger partial charge in [-0.25, -0.2) is 4.39 Å². The molecule has 0 spiro atoms. The lowest BCUT2D eigenvalue weighted by Gasteiger charge is -2.12. The first-order chi connectivity index (χ1) is 6.72. The Labute approximate surface area is 83.9 Å². The van der Waals surface area contributed by atoms with Crippen LogP contribution in [0.15, 0.2) is 12.1 Å². The molecular weight excluding hydrogens is 181 g/mol. The molecule has 1 aromatic rings. The average molecular weight is 197 g/mol. The van der Waals surface area contributed by atoms with E-state index in [2.05, 4.69) is 0 Å². The molecular formula is C11H16FNO. The van der Waals surface area contributed by atoms with Crippen LogP contribution >= 0.6 is 0 Å². The highest BCUT2D eigenvalue weighted by atomic mass is 19.1. The summed E-state index contributed by atoms with van der Waals surface area (Å²) >= 11 is 0. The lowest BCUT2D eigenvalue weighted by molar-refractivity contribution is 0.405. The van der Waals surface area contributed by atoms with Gasteiger partial charge in [-0.1, -0.05) is 6.92 Å². The van der Waals surface area contributed by atoms with Gasteiger partial charge in [0.2, 0.25) is 0 Å². The average Bonchev–Trinajstić information content (AvgIpc) is 2.17. The third-order valence-electron chi connectivity index (χ3n) is 2.25. The quantitative estimate of drug-likeness (QED) is 0.800. The SMILES string of the molecule is CCc1c(CCN)cc(F)cc1OC. The Balaban J connectivity index is 3.17. The highest BCUT2D eigenvalue weighted by Gasteiger charge is 2.09. The smallest absolute Gasteiger partial charge is 0.127 e. The summed E-state index contributed by atoms with van der Waals surface area (Å²) in [5.74, 6) is 0.360. The van der Waals surface area contributed by atoms with Crippen LogP contribution < -0.4 is 10.5 Å². The van der Waals surface area contributed by atoms with E-state index in [4.69, 9.17) is 10.5 Å². The maximum absolute atomic E-state index is 13.1. The highest BCUT2D eigenvalue weighted by molar-refractivity contribution is 5.41. The molecule has 0 aromatic heterocycles. The van der Waals surface area contributed by atoms with Gasteiger partial charge in [0.15, 0.2) is 0 Å². The molecule has 0 amide bonds. The van der Waals surface area contributed by atoms with Gasteiger partial charge >= 0.3 is 0 Å². The van der Waals surface area contributed by atoms with Gasteiger partial charge in [0.1, 0.15) is 11.6 Å². The van der Waals surface area contributed by atoms with E-state index < -0.39 is 0 Å². The summed E-state index contributed by atoms with van der Waals surface area (Å²) in [5, 5.41) is 0. The number of rotatable bonds is 4. The van der Waals surface area contributed by atoms with Gasteiger partial charge in [0.05, 0.1) is 7.11 Å². The minimum absolute atomic E-state index is 0.262. The summed E-state index contributed by atoms with van der Waals surface area (Å²) in [7, 11) is 1.56. The van der Waals surface area contributed by atoms with Crippen LogP contribution in [0.1, 0.15) is 18.1 Å². The van der Waals surface area contributed by atoms with Crippen molar-refractivity contribution in [3.05, 3.63) is 29.1 Å². The summed E-state index contributed by atoms with van der Waals surface area (Å²) in [6.07, 6.45) is 1.52. The normalized spacial score (nSPS) is 10.3. The number of ether oxygens (including phenoxy) is 1. The van der Waals surface area contributed by atoms with E-state index in [9.17, 15) is 4.39 Å². The zero-order valence-corrected chi connectivity index (χ0v) is 8.64. The van der Waals surface area contributed by atoms with Crippen molar-refractivity contribution in [2.45, 2.75) is 19.8 Å². The van der Waals surface area contributed by atoms with Crippen LogP contribution in [0, 0.1) is 5.82 Å². The van der Waals surface area contributed by atoms with Crippen LogP contribution in [0.4, 0.5) is 4.39 Å². The van der Waals surface area contributed by atoms with Crippen molar-refractivity contribution in [3.8, 4) is 5.75 Å². The molecule has 3 heteroatoms. The molecule has 2 N–H and O–H groups in total. The van der Waals surface area contributed by atoms with E-state index in [1.807, 2.05) is 6.92 Å². The predicted octanol–water partition coefficient (Wildman–Crippen LogP) is 1.90. The third kappa shape index (κ3) is 2.23. The van der Waals surface area contributed by atoms with Crippen LogP contribution in [-0.4, -0.2) is 13.7 Å². The molecule has 1 rings (SSSR count). The van der Waals surface area contributed by atoms with E-state index in [-0.39, 0.29) is 5.82 Å². The summed E-state index contributed by atoms with van der Waals surface area (Å²) < 4.78 is 18.3. The van der Waals surface area contributed by atoms with E-state index in [1.165, 1.54) is 12.1 Å². The molecule has 0 saturated heterocycles. The van der Waals surface area contributed by atoms with Gasteiger partial charge in [-0.3, -0.25) is 0 Å². The van der Waals surface area contributed by atoms with Gasteiger partial charge in [0, 0.05) is 6.07 Å². The minimum Gasteiger partial charge on any atom is -0.496 e. The first-order valence-corrected chi connectivity index (χ1v) is 4.78. The Bertz CT molecular complexity index is 312. The Morgan fingerprint density at radius 2 is 2.14 bits per heavy atom. The monoisotopic (exact) mass is 197 g/mol. The molecule has 0 aliphatic rings. The molecule has 0 saturated carbocycles. The molecule has 0 aliphatic heterocycles. The molecule has 0 unspecified atom stereocenters. The second kappa shape index (κ2) is 4.96. The lowest BCUT2D eigenvalue weighted by atomic mass is 10.0. The first-order valence-electron chi connectivity index (χ1n) is 4.78. The Morgan fingerprint density at radius 1 is 1.43 bits per heavy atom. The standard InChI is InChI=1S/C11H16FNO/c1-3-10-8(4-5-13)6-9(12)7-11(10)14-2/h6-7H,3-5,13H2,1-2H3. The molecule has 78 valence electrons. The molecule has 0 atom stereocenters. The molecule has 0 radical (unpaired) electrons. The fraction of sp³-hybridized carbons (Fsp3) is 0.455. The van der Waals surface area contributed by atoms with E-state index >= 15 is 0 Å². The van der Waals surface area contributed by atoms with Crippen molar-refractivity contribution in [3.63, 3.8) is 0 Å². The number of benzene rings is 1. The van der Waals surface area contributed by atoms with Crippen molar-refractivity contribution in [1.29, 1.82) is 0 Å². The molecule has 0 heterocycles. The number of hydrogen-bond donors (Lipinski definition) is 1. The zero-order chi connectivity index (χ0) is 10.6. The molecule has 2 nitrogen and oxygen atoms in total. The van der Waals surface area contributed by atoms with Gasteiger partial charge < -0.3 is 10.5 Å². The molecule has 0 fully saturated rings. The van der Waals surface area contributed by atoms with Gasteiger partial charge in [-0.05, 0) is 36.6 Å². The zero-order valence-electron chi connectivity index (χ0n) is 8.64. The minimum atomic E-state index is -0.262. The van der Waals surface area contributed by atoms with Crippen LogP contribution in [0.2, 0.25) is 0 Å². The highest BCUT2D eigenvalue weighted by Crippen LogP contribution is 2.24. The second-order valence-electron chi connectivity index (χ2n) is 3.14. The molecule has 0 aliphatic carbocycles. The van der Waals surface area contributed by atoms with E-state index in [1.54, 1.807) is 7.11 Å². The first kappa shape index (κ1) is 11.0. The maximum Gasteiger partial charge on any atom is 0.127 e. The summed E-state index contributed by atoms with van der Waals surface area (Å²) in [6.45, 7) is 2.55. The van der Waals surface area contributed by atoms with Crippen molar-refractivity contribution in [2.24, 2.45) is 5.73 Å². The number of nitrogens with two attached hydrogens (primary N) is 1. The largest absolute Gasteiger partial charge is 0.496 e. The predicted molar refractivity (Wildman–Crippen MR) is 55.1 cm³/mol. The van der Waals surface area contributed by atoms with Crippen LogP contribution in [0.25, 0.3) is 0 Å². The van der Waals surface area contributed by atoms with Crippen molar-refractivity contribution in [2.75, 3.05) is 13.7 Å². The van der Waals surface area contributed by atoms with Gasteiger partial charge in [-0.2, -0.15) is 0 Å². The number of methoxy groups -OCH3 is 1. The molecule has 1 aromatic carbocycles. The third-order valence-corrected chi connectivity index (χ3v) is 2.25. The summed E-state index contributed by atoms with van der Waals surface area (Å²) in [5.41, 5.74) is 7.47. The Hall–Kier alpha value is -1.09. The van der Waals surface area contributed by atoms with E-state index in [0.717, 1.165) is 17.5 Å². The van der Waals surface area contributed by atoms with Crippen molar-refractivity contribution in [1.82, 2.24) is 0 Å². The van der Waals surface area contributed by atoms with Crippen LogP contribution in [-0.2, 0) is 12.8 Å². The number of halogens is 1. The topological polar surface area (TPSA) is 35.2 Å². The maximum atomic E-state index is 13.1. The van der Waals surface area contributed by atoms with Crippen molar-refractivity contribution < 1.29 is 9.13 Å². The lowest BCUT2D eigenvalue weighted by Crippen LogP contribution is -2.06. The molecule has 0 bridgehead atoms. The van der Waals surface area contributed by atoms with Gasteiger partial charge in [-0.15, -0.1) is 0 Å². The summed E-state index contributed by atoms with van der Waals surface area (Å²) in [4.78, 5) is 0. The van der Waals surface area contributed by atoms with Crippen LogP contribution in [0.5, 0.6) is 5.75 Å². The Morgan fingerprint density at radius 3 is 2.64 bits per heavy atom. The fourth-order valence-electron chi connectivity index (χ4n) is 1.63. The molecule has 14 heavy (non-hydrogen) atoms. The van der Waals surface area contributed by atoms with E-state index in [0.29, 0.717) is 18.7 Å². The second-order valence-corrected chi connectivity index (χ2v) is 3.14. The van der Waals surface area contributed by atoms with Crippen LogP contribution in [0.3, 0.4) is 0 Å². The fourth-order valence-corrected chi connectivity index (χ4v) is 1.63. The van der Waals surface area contributed by atoms with Gasteiger partial charge in [0.25, 0.3) is 0 Å². The summed E-state index contributed by atoms with van der Waals surface area (Å²) in [6, 6.07) is 2.95. The van der Waals surface area contributed by atoms with Crippen molar-refractivity contribution >= 4 is 0 Å². The Kier molecular flexibility index (Phi) is 3.89. The number of hydrogen-bond acceptors (Lipinski definition) is 2.